The van der Waals surface area contributed by atoms with Gasteiger partial charge in [0.25, 0.3) is 5.91 Å². The summed E-state index contributed by atoms with van der Waals surface area (Å²) in [4.78, 5) is 12.3. The van der Waals surface area contributed by atoms with Crippen molar-refractivity contribution in [1.29, 1.82) is 0 Å². The Morgan fingerprint density at radius 3 is 2.26 bits per heavy atom. The van der Waals surface area contributed by atoms with Crippen molar-refractivity contribution in [3.05, 3.63) is 34.3 Å². The molecule has 3 heteroatoms. The molecule has 19 heavy (non-hydrogen) atoms. The number of amides is 1. The SMILES string of the molecule is Cc1ccc(C(=O)NC(C)(C)CC(C)(C)C)c(Cl)c1. The maximum atomic E-state index is 12.3. The van der Waals surface area contributed by atoms with E-state index in [1.54, 1.807) is 6.07 Å². The molecule has 1 amide bonds. The van der Waals surface area contributed by atoms with Gasteiger partial charge in [-0.05, 0) is 50.3 Å². The van der Waals surface area contributed by atoms with Gasteiger partial charge in [-0.2, -0.15) is 0 Å². The Morgan fingerprint density at radius 2 is 1.79 bits per heavy atom. The van der Waals surface area contributed by atoms with E-state index in [-0.39, 0.29) is 16.9 Å². The molecule has 0 saturated carbocycles. The van der Waals surface area contributed by atoms with Crippen LogP contribution in [-0.4, -0.2) is 11.4 Å². The molecule has 1 aromatic carbocycles. The van der Waals surface area contributed by atoms with E-state index in [1.165, 1.54) is 0 Å². The number of nitrogens with one attached hydrogen (secondary N) is 1. The molecule has 0 aliphatic rings. The second-order valence-electron chi connectivity index (χ2n) is 7.06. The van der Waals surface area contributed by atoms with Crippen LogP contribution in [-0.2, 0) is 0 Å². The maximum absolute atomic E-state index is 12.3. The van der Waals surface area contributed by atoms with Crippen LogP contribution in [0.25, 0.3) is 0 Å². The molecule has 2 nitrogen and oxygen atoms in total. The van der Waals surface area contributed by atoms with Crippen molar-refractivity contribution in [3.63, 3.8) is 0 Å². The summed E-state index contributed by atoms with van der Waals surface area (Å²) in [6, 6.07) is 5.49. The fraction of sp³-hybridized carbons (Fsp3) is 0.562. The molecule has 0 fully saturated rings. The first-order valence-electron chi connectivity index (χ1n) is 6.59. The quantitative estimate of drug-likeness (QED) is 0.862. The van der Waals surface area contributed by atoms with E-state index in [1.807, 2.05) is 32.9 Å². The van der Waals surface area contributed by atoms with Gasteiger partial charge in [0, 0.05) is 5.54 Å². The van der Waals surface area contributed by atoms with Crippen LogP contribution in [0.2, 0.25) is 5.02 Å². The first-order valence-corrected chi connectivity index (χ1v) is 6.97. The van der Waals surface area contributed by atoms with Gasteiger partial charge in [-0.15, -0.1) is 0 Å². The van der Waals surface area contributed by atoms with Crippen molar-refractivity contribution >= 4 is 17.5 Å². The van der Waals surface area contributed by atoms with Crippen LogP contribution in [0.5, 0.6) is 0 Å². The van der Waals surface area contributed by atoms with Gasteiger partial charge in [0.2, 0.25) is 0 Å². The van der Waals surface area contributed by atoms with Crippen LogP contribution in [0.3, 0.4) is 0 Å². The van der Waals surface area contributed by atoms with E-state index < -0.39 is 0 Å². The number of rotatable bonds is 3. The van der Waals surface area contributed by atoms with E-state index in [0.717, 1.165) is 12.0 Å². The van der Waals surface area contributed by atoms with Crippen LogP contribution in [0, 0.1) is 12.3 Å². The Bertz CT molecular complexity index is 472. The van der Waals surface area contributed by atoms with Crippen molar-refractivity contribution in [2.24, 2.45) is 5.41 Å². The predicted octanol–water partition coefficient (Wildman–Crippen LogP) is 4.59. The number of halogens is 1. The van der Waals surface area contributed by atoms with Gasteiger partial charge in [-0.3, -0.25) is 4.79 Å². The third-order valence-electron chi connectivity index (χ3n) is 2.79. The minimum Gasteiger partial charge on any atom is -0.347 e. The van der Waals surface area contributed by atoms with Crippen molar-refractivity contribution in [2.45, 2.75) is 53.5 Å². The van der Waals surface area contributed by atoms with E-state index in [2.05, 4.69) is 26.1 Å². The molecule has 0 radical (unpaired) electrons. The van der Waals surface area contributed by atoms with Crippen LogP contribution in [0.1, 0.15) is 57.0 Å². The van der Waals surface area contributed by atoms with E-state index in [0.29, 0.717) is 10.6 Å². The average molecular weight is 282 g/mol. The summed E-state index contributed by atoms with van der Waals surface area (Å²) in [5, 5.41) is 3.57. The summed E-state index contributed by atoms with van der Waals surface area (Å²) in [6.07, 6.45) is 0.898. The standard InChI is InChI=1S/C16H24ClNO/c1-11-7-8-12(13(17)9-11)14(19)18-16(5,6)10-15(2,3)4/h7-9H,10H2,1-6H3,(H,18,19). The molecule has 0 atom stereocenters. The number of hydrogen-bond donors (Lipinski definition) is 1. The highest BCUT2D eigenvalue weighted by Gasteiger charge is 2.27. The van der Waals surface area contributed by atoms with Gasteiger partial charge in [-0.25, -0.2) is 0 Å². The van der Waals surface area contributed by atoms with Gasteiger partial charge in [-0.1, -0.05) is 38.4 Å². The molecule has 0 aromatic heterocycles. The Kier molecular flexibility index (Phi) is 4.67. The number of hydrogen-bond acceptors (Lipinski definition) is 1. The Morgan fingerprint density at radius 1 is 1.21 bits per heavy atom. The lowest BCUT2D eigenvalue weighted by Crippen LogP contribution is -2.45. The van der Waals surface area contributed by atoms with Crippen LogP contribution < -0.4 is 5.32 Å². The van der Waals surface area contributed by atoms with Gasteiger partial charge < -0.3 is 5.32 Å². The summed E-state index contributed by atoms with van der Waals surface area (Å²) in [6.45, 7) is 12.5. The van der Waals surface area contributed by atoms with Crippen molar-refractivity contribution in [1.82, 2.24) is 5.32 Å². The second kappa shape index (κ2) is 5.54. The zero-order valence-corrected chi connectivity index (χ0v) is 13.5. The fourth-order valence-corrected chi connectivity index (χ4v) is 2.87. The minimum atomic E-state index is -0.260. The molecule has 106 valence electrons. The summed E-state index contributed by atoms with van der Waals surface area (Å²) < 4.78 is 0. The van der Waals surface area contributed by atoms with Gasteiger partial charge in [0.1, 0.15) is 0 Å². The molecule has 1 N–H and O–H groups in total. The lowest BCUT2D eigenvalue weighted by molar-refractivity contribution is 0.0891. The van der Waals surface area contributed by atoms with E-state index in [4.69, 9.17) is 11.6 Å². The van der Waals surface area contributed by atoms with E-state index in [9.17, 15) is 4.79 Å². The Labute approximate surface area is 121 Å². The molecule has 0 unspecified atom stereocenters. The molecule has 0 aliphatic heterocycles. The largest absolute Gasteiger partial charge is 0.347 e. The third-order valence-corrected chi connectivity index (χ3v) is 3.11. The molecule has 0 heterocycles. The normalized spacial score (nSPS) is 12.4. The summed E-state index contributed by atoms with van der Waals surface area (Å²) in [5.41, 5.74) is 1.49. The summed E-state index contributed by atoms with van der Waals surface area (Å²) >= 11 is 6.13. The summed E-state index contributed by atoms with van der Waals surface area (Å²) in [7, 11) is 0. The molecular weight excluding hydrogens is 258 g/mol. The highest BCUT2D eigenvalue weighted by molar-refractivity contribution is 6.33. The zero-order chi connectivity index (χ0) is 14.8. The molecule has 0 spiro atoms. The van der Waals surface area contributed by atoms with Crippen molar-refractivity contribution in [3.8, 4) is 0 Å². The fourth-order valence-electron chi connectivity index (χ4n) is 2.55. The molecule has 1 rings (SSSR count). The van der Waals surface area contributed by atoms with Crippen LogP contribution in [0.15, 0.2) is 18.2 Å². The van der Waals surface area contributed by atoms with Gasteiger partial charge >= 0.3 is 0 Å². The van der Waals surface area contributed by atoms with Crippen molar-refractivity contribution < 1.29 is 4.79 Å². The van der Waals surface area contributed by atoms with Crippen LogP contribution in [0.4, 0.5) is 0 Å². The van der Waals surface area contributed by atoms with Crippen LogP contribution >= 0.6 is 11.6 Å². The number of aryl methyl sites for hydroxylation is 1. The Hall–Kier alpha value is -1.02. The van der Waals surface area contributed by atoms with Gasteiger partial charge in [0.05, 0.1) is 10.6 Å². The first kappa shape index (κ1) is 16.0. The smallest absolute Gasteiger partial charge is 0.253 e. The highest BCUT2D eigenvalue weighted by atomic mass is 35.5. The zero-order valence-electron chi connectivity index (χ0n) is 12.7. The molecular formula is C16H24ClNO. The van der Waals surface area contributed by atoms with Crippen molar-refractivity contribution in [2.75, 3.05) is 0 Å². The topological polar surface area (TPSA) is 29.1 Å². The lowest BCUT2D eigenvalue weighted by atomic mass is 9.81. The second-order valence-corrected chi connectivity index (χ2v) is 7.47. The third kappa shape index (κ3) is 5.23. The van der Waals surface area contributed by atoms with Gasteiger partial charge in [0.15, 0.2) is 0 Å². The maximum Gasteiger partial charge on any atom is 0.253 e. The summed E-state index contributed by atoms with van der Waals surface area (Å²) in [5.74, 6) is -0.112. The highest BCUT2D eigenvalue weighted by Crippen LogP contribution is 2.27. The molecule has 0 bridgehead atoms. The molecule has 0 aliphatic carbocycles. The lowest BCUT2D eigenvalue weighted by Gasteiger charge is -2.33. The number of carbonyl (C=O) groups excluding carboxylic acids is 1. The molecule has 1 aromatic rings. The molecule has 0 saturated heterocycles. The number of carbonyl (C=O) groups is 1. The predicted molar refractivity (Wildman–Crippen MR) is 81.8 cm³/mol. The number of benzene rings is 1. The Balaban J connectivity index is 2.84. The average Bonchev–Trinajstić information content (AvgIpc) is 2.11. The minimum absolute atomic E-state index is 0.112. The first-order chi connectivity index (χ1) is 8.50. The van der Waals surface area contributed by atoms with E-state index >= 15 is 0 Å². The monoisotopic (exact) mass is 281 g/mol.